The third-order valence-corrected chi connectivity index (χ3v) is 6.89. The van der Waals surface area contributed by atoms with Crippen molar-refractivity contribution in [2.24, 2.45) is 5.92 Å². The number of benzene rings is 2. The van der Waals surface area contributed by atoms with Crippen LogP contribution in [0.4, 0.5) is 4.39 Å². The molecule has 1 heterocycles. The van der Waals surface area contributed by atoms with E-state index >= 15 is 0 Å². The highest BCUT2D eigenvalue weighted by Crippen LogP contribution is 2.25. The van der Waals surface area contributed by atoms with Gasteiger partial charge in [-0.1, -0.05) is 12.1 Å². The molecule has 0 atom stereocenters. The molecule has 3 rings (SSSR count). The smallest absolute Gasteiger partial charge is 0.314 e. The Bertz CT molecular complexity index is 921. The summed E-state index contributed by atoms with van der Waals surface area (Å²) in [4.78, 5) is 12.5. The summed E-state index contributed by atoms with van der Waals surface area (Å²) < 4.78 is 50.2. The number of carbonyl (C=O) groups is 1. The molecule has 29 heavy (non-hydrogen) atoms. The van der Waals surface area contributed by atoms with Gasteiger partial charge in [-0.3, -0.25) is 4.79 Å². The number of sulfonamides is 1. The molecule has 1 aliphatic rings. The van der Waals surface area contributed by atoms with Gasteiger partial charge in [-0.25, -0.2) is 12.8 Å². The molecular weight excluding hydrogens is 397 g/mol. The van der Waals surface area contributed by atoms with Crippen LogP contribution >= 0.6 is 0 Å². The monoisotopic (exact) mass is 421 g/mol. The van der Waals surface area contributed by atoms with Crippen molar-refractivity contribution >= 4 is 16.0 Å². The zero-order chi connectivity index (χ0) is 20.9. The van der Waals surface area contributed by atoms with E-state index in [2.05, 4.69) is 0 Å². The van der Waals surface area contributed by atoms with E-state index in [1.807, 2.05) is 12.1 Å². The van der Waals surface area contributed by atoms with E-state index in [0.29, 0.717) is 25.2 Å². The van der Waals surface area contributed by atoms with Crippen LogP contribution in [0.5, 0.6) is 5.75 Å². The average Bonchev–Trinajstić information content (AvgIpc) is 2.73. The van der Waals surface area contributed by atoms with Gasteiger partial charge in [0.2, 0.25) is 10.0 Å². The topological polar surface area (TPSA) is 72.9 Å². The van der Waals surface area contributed by atoms with Gasteiger partial charge in [0.15, 0.2) is 0 Å². The third-order valence-electron chi connectivity index (χ3n) is 4.98. The van der Waals surface area contributed by atoms with Gasteiger partial charge in [0.05, 0.1) is 17.4 Å². The molecule has 1 saturated heterocycles. The summed E-state index contributed by atoms with van der Waals surface area (Å²) in [5.74, 6) is -0.731. The van der Waals surface area contributed by atoms with Crippen LogP contribution in [0.2, 0.25) is 0 Å². The molecule has 0 aromatic heterocycles. The Labute approximate surface area is 170 Å². The highest BCUT2D eigenvalue weighted by Gasteiger charge is 2.33. The molecule has 1 fully saturated rings. The first-order valence-electron chi connectivity index (χ1n) is 9.45. The summed E-state index contributed by atoms with van der Waals surface area (Å²) in [6, 6.07) is 12.0. The molecular formula is C21H24FNO5S. The Morgan fingerprint density at radius 1 is 1.07 bits per heavy atom. The highest BCUT2D eigenvalue weighted by atomic mass is 32.2. The molecule has 156 valence electrons. The van der Waals surface area contributed by atoms with Crippen LogP contribution in [0.3, 0.4) is 0 Å². The number of carbonyl (C=O) groups excluding carboxylic acids is 1. The van der Waals surface area contributed by atoms with Crippen molar-refractivity contribution in [3.63, 3.8) is 0 Å². The van der Waals surface area contributed by atoms with Crippen molar-refractivity contribution in [3.05, 3.63) is 59.9 Å². The van der Waals surface area contributed by atoms with Crippen molar-refractivity contribution in [1.82, 2.24) is 4.31 Å². The second-order valence-electron chi connectivity index (χ2n) is 6.94. The molecule has 1 aliphatic heterocycles. The van der Waals surface area contributed by atoms with Gasteiger partial charge in [0.25, 0.3) is 0 Å². The first-order valence-corrected chi connectivity index (χ1v) is 10.9. The first-order chi connectivity index (χ1) is 13.9. The Hall–Kier alpha value is -2.29. The van der Waals surface area contributed by atoms with Gasteiger partial charge in [-0.05, 0) is 61.2 Å². The molecule has 0 N–H and O–H groups in total. The van der Waals surface area contributed by atoms with Gasteiger partial charge in [0.1, 0.15) is 11.6 Å². The number of esters is 1. The van der Waals surface area contributed by atoms with E-state index in [4.69, 9.17) is 9.47 Å². The van der Waals surface area contributed by atoms with Crippen LogP contribution in [0.1, 0.15) is 18.4 Å². The predicted molar refractivity (Wildman–Crippen MR) is 106 cm³/mol. The SMILES string of the molecule is COCCc1ccc(OC(=O)C2CCN(S(=O)(=O)c3ccc(F)cc3)CC2)cc1. The van der Waals surface area contributed by atoms with E-state index in [9.17, 15) is 17.6 Å². The summed E-state index contributed by atoms with van der Waals surface area (Å²) >= 11 is 0. The maximum Gasteiger partial charge on any atom is 0.314 e. The standard InChI is InChI=1S/C21H24FNO5S/c1-27-15-12-16-2-6-19(7-3-16)28-21(24)17-10-13-23(14-11-17)29(25,26)20-8-4-18(22)5-9-20/h2-9,17H,10-15H2,1H3. The second kappa shape index (κ2) is 9.47. The summed E-state index contributed by atoms with van der Waals surface area (Å²) in [5.41, 5.74) is 1.09. The van der Waals surface area contributed by atoms with E-state index < -0.39 is 15.8 Å². The van der Waals surface area contributed by atoms with Gasteiger partial charge >= 0.3 is 5.97 Å². The lowest BCUT2D eigenvalue weighted by Crippen LogP contribution is -2.41. The number of ether oxygens (including phenoxy) is 2. The average molecular weight is 421 g/mol. The Morgan fingerprint density at radius 2 is 1.69 bits per heavy atom. The zero-order valence-electron chi connectivity index (χ0n) is 16.2. The predicted octanol–water partition coefficient (Wildman–Crippen LogP) is 3.02. The normalized spacial score (nSPS) is 15.9. The zero-order valence-corrected chi connectivity index (χ0v) is 17.0. The molecule has 0 aliphatic carbocycles. The Kier molecular flexibility index (Phi) is 7.00. The van der Waals surface area contributed by atoms with Crippen LogP contribution in [0.15, 0.2) is 53.4 Å². The van der Waals surface area contributed by atoms with Crippen LogP contribution in [0.25, 0.3) is 0 Å². The lowest BCUT2D eigenvalue weighted by Gasteiger charge is -2.30. The summed E-state index contributed by atoms with van der Waals surface area (Å²) in [7, 11) is -2.05. The van der Waals surface area contributed by atoms with Crippen LogP contribution < -0.4 is 4.74 Å². The van der Waals surface area contributed by atoms with Crippen molar-refractivity contribution in [1.29, 1.82) is 0 Å². The quantitative estimate of drug-likeness (QED) is 0.508. The largest absolute Gasteiger partial charge is 0.426 e. The molecule has 8 heteroatoms. The Morgan fingerprint density at radius 3 is 2.28 bits per heavy atom. The number of hydrogen-bond acceptors (Lipinski definition) is 5. The van der Waals surface area contributed by atoms with Gasteiger partial charge in [-0.15, -0.1) is 0 Å². The fourth-order valence-electron chi connectivity index (χ4n) is 3.23. The summed E-state index contributed by atoms with van der Waals surface area (Å²) in [6.07, 6.45) is 1.54. The number of piperidine rings is 1. The Balaban J connectivity index is 1.54. The maximum absolute atomic E-state index is 13.0. The second-order valence-corrected chi connectivity index (χ2v) is 8.88. The molecule has 0 bridgehead atoms. The minimum atomic E-state index is -3.69. The number of halogens is 1. The van der Waals surface area contributed by atoms with E-state index in [1.165, 1.54) is 16.4 Å². The molecule has 0 amide bonds. The number of hydrogen-bond donors (Lipinski definition) is 0. The molecule has 2 aromatic carbocycles. The van der Waals surface area contributed by atoms with Crippen molar-refractivity contribution in [3.8, 4) is 5.75 Å². The lowest BCUT2D eigenvalue weighted by atomic mass is 9.98. The molecule has 0 saturated carbocycles. The number of nitrogens with zero attached hydrogens (tertiary/aromatic N) is 1. The van der Waals surface area contributed by atoms with Crippen LogP contribution in [0, 0.1) is 11.7 Å². The van der Waals surface area contributed by atoms with E-state index in [0.717, 1.165) is 24.1 Å². The van der Waals surface area contributed by atoms with Crippen molar-refractivity contribution in [2.75, 3.05) is 26.8 Å². The van der Waals surface area contributed by atoms with Crippen LogP contribution in [-0.2, 0) is 26.0 Å². The van der Waals surface area contributed by atoms with Crippen molar-refractivity contribution < 1.29 is 27.1 Å². The maximum atomic E-state index is 13.0. The highest BCUT2D eigenvalue weighted by molar-refractivity contribution is 7.89. The third kappa shape index (κ3) is 5.41. The van der Waals surface area contributed by atoms with E-state index in [1.54, 1.807) is 19.2 Å². The molecule has 0 radical (unpaired) electrons. The van der Waals surface area contributed by atoms with Gasteiger partial charge in [0, 0.05) is 20.2 Å². The molecule has 0 unspecified atom stereocenters. The first kappa shape index (κ1) is 21.4. The fourth-order valence-corrected chi connectivity index (χ4v) is 4.70. The number of rotatable bonds is 7. The van der Waals surface area contributed by atoms with Crippen molar-refractivity contribution in [2.45, 2.75) is 24.2 Å². The summed E-state index contributed by atoms with van der Waals surface area (Å²) in [6.45, 7) is 1.06. The van der Waals surface area contributed by atoms with Crippen LogP contribution in [-0.4, -0.2) is 45.5 Å². The minimum Gasteiger partial charge on any atom is -0.426 e. The molecule has 2 aromatic rings. The summed E-state index contributed by atoms with van der Waals surface area (Å²) in [5, 5.41) is 0. The lowest BCUT2D eigenvalue weighted by molar-refractivity contribution is -0.140. The molecule has 0 spiro atoms. The minimum absolute atomic E-state index is 0.0495. The fraction of sp³-hybridized carbons (Fsp3) is 0.381. The van der Waals surface area contributed by atoms with Gasteiger partial charge < -0.3 is 9.47 Å². The van der Waals surface area contributed by atoms with E-state index in [-0.39, 0.29) is 29.9 Å². The van der Waals surface area contributed by atoms with Gasteiger partial charge in [-0.2, -0.15) is 4.31 Å². The molecule has 6 nitrogen and oxygen atoms in total. The number of methoxy groups -OCH3 is 1.